The topological polar surface area (TPSA) is 50.3 Å². The number of ether oxygens (including phenoxy) is 1. The van der Waals surface area contributed by atoms with E-state index in [2.05, 4.69) is 17.1 Å². The Bertz CT molecular complexity index is 501. The van der Waals surface area contributed by atoms with Gasteiger partial charge < -0.3 is 10.1 Å². The third kappa shape index (κ3) is 2.77. The second-order valence-corrected chi connectivity index (χ2v) is 6.38. The molecule has 116 valence electrons. The highest BCUT2D eigenvalue weighted by atomic mass is 16.5. The summed E-state index contributed by atoms with van der Waals surface area (Å²) in [5, 5.41) is 3.15. The monoisotopic (exact) mass is 290 g/mol. The van der Waals surface area contributed by atoms with Gasteiger partial charge in [-0.3, -0.25) is 4.90 Å². The Morgan fingerprint density at radius 1 is 1.33 bits per heavy atom. The second-order valence-electron chi connectivity index (χ2n) is 6.38. The molecule has 1 aromatic rings. The first kappa shape index (κ1) is 14.7. The van der Waals surface area contributed by atoms with Crippen LogP contribution in [0, 0.1) is 6.92 Å². The SMILES string of the molecule is CNc1cc(C)nc([C@@]2(C)CCCN2C2CCOCC2)n1. The number of likely N-dealkylation sites (tertiary alicyclic amines) is 1. The molecule has 0 aromatic carbocycles. The molecule has 2 aliphatic heterocycles. The fourth-order valence-electron chi connectivity index (χ4n) is 3.74. The van der Waals surface area contributed by atoms with Gasteiger partial charge in [0.15, 0.2) is 5.82 Å². The van der Waals surface area contributed by atoms with E-state index in [4.69, 9.17) is 14.7 Å². The first-order chi connectivity index (χ1) is 10.1. The van der Waals surface area contributed by atoms with Gasteiger partial charge in [0.25, 0.3) is 0 Å². The van der Waals surface area contributed by atoms with E-state index in [0.717, 1.165) is 56.4 Å². The van der Waals surface area contributed by atoms with E-state index >= 15 is 0 Å². The summed E-state index contributed by atoms with van der Waals surface area (Å²) in [7, 11) is 1.92. The number of nitrogens with zero attached hydrogens (tertiary/aromatic N) is 3. The summed E-state index contributed by atoms with van der Waals surface area (Å²) >= 11 is 0. The zero-order valence-corrected chi connectivity index (χ0v) is 13.4. The van der Waals surface area contributed by atoms with Gasteiger partial charge in [-0.05, 0) is 46.1 Å². The Morgan fingerprint density at radius 2 is 2.10 bits per heavy atom. The van der Waals surface area contributed by atoms with Crippen LogP contribution in [0.25, 0.3) is 0 Å². The van der Waals surface area contributed by atoms with Crippen molar-refractivity contribution in [1.82, 2.24) is 14.9 Å². The van der Waals surface area contributed by atoms with E-state index in [-0.39, 0.29) is 5.54 Å². The molecule has 0 saturated carbocycles. The van der Waals surface area contributed by atoms with Gasteiger partial charge in [0.1, 0.15) is 5.82 Å². The minimum Gasteiger partial charge on any atom is -0.381 e. The van der Waals surface area contributed by atoms with E-state index in [1.165, 1.54) is 6.42 Å². The largest absolute Gasteiger partial charge is 0.381 e. The predicted octanol–water partition coefficient (Wildman–Crippen LogP) is 2.32. The minimum atomic E-state index is -0.0420. The van der Waals surface area contributed by atoms with Gasteiger partial charge in [0.2, 0.25) is 0 Å². The Hall–Kier alpha value is -1.20. The lowest BCUT2D eigenvalue weighted by atomic mass is 9.94. The molecule has 1 atom stereocenters. The molecule has 2 saturated heterocycles. The van der Waals surface area contributed by atoms with Crippen molar-refractivity contribution < 1.29 is 4.74 Å². The molecular weight excluding hydrogens is 264 g/mol. The molecule has 0 bridgehead atoms. The maximum Gasteiger partial charge on any atom is 0.150 e. The lowest BCUT2D eigenvalue weighted by Crippen LogP contribution is -2.48. The van der Waals surface area contributed by atoms with Crippen LogP contribution in [0.15, 0.2) is 6.07 Å². The maximum absolute atomic E-state index is 5.52. The van der Waals surface area contributed by atoms with Gasteiger partial charge in [-0.2, -0.15) is 0 Å². The summed E-state index contributed by atoms with van der Waals surface area (Å²) in [6, 6.07) is 2.61. The highest BCUT2D eigenvalue weighted by molar-refractivity contribution is 5.36. The molecule has 1 N–H and O–H groups in total. The van der Waals surface area contributed by atoms with Crippen LogP contribution in [-0.4, -0.2) is 47.7 Å². The van der Waals surface area contributed by atoms with Crippen molar-refractivity contribution in [2.45, 2.75) is 51.1 Å². The van der Waals surface area contributed by atoms with Crippen molar-refractivity contribution in [3.63, 3.8) is 0 Å². The van der Waals surface area contributed by atoms with E-state index in [0.29, 0.717) is 6.04 Å². The van der Waals surface area contributed by atoms with Crippen molar-refractivity contribution in [2.75, 3.05) is 32.1 Å². The zero-order valence-electron chi connectivity index (χ0n) is 13.4. The number of aromatic nitrogens is 2. The van der Waals surface area contributed by atoms with Gasteiger partial charge in [-0.15, -0.1) is 0 Å². The van der Waals surface area contributed by atoms with Crippen molar-refractivity contribution in [1.29, 1.82) is 0 Å². The summed E-state index contributed by atoms with van der Waals surface area (Å²) in [6.45, 7) is 7.27. The van der Waals surface area contributed by atoms with Gasteiger partial charge in [0, 0.05) is 38.1 Å². The Kier molecular flexibility index (Phi) is 4.13. The molecule has 2 fully saturated rings. The van der Waals surface area contributed by atoms with Crippen LogP contribution in [-0.2, 0) is 10.3 Å². The number of hydrogen-bond acceptors (Lipinski definition) is 5. The highest BCUT2D eigenvalue weighted by Gasteiger charge is 2.44. The van der Waals surface area contributed by atoms with Crippen LogP contribution >= 0.6 is 0 Å². The van der Waals surface area contributed by atoms with Crippen LogP contribution in [0.2, 0.25) is 0 Å². The van der Waals surface area contributed by atoms with E-state index in [9.17, 15) is 0 Å². The molecule has 0 spiro atoms. The van der Waals surface area contributed by atoms with Crippen LogP contribution in [0.4, 0.5) is 5.82 Å². The molecule has 0 unspecified atom stereocenters. The minimum absolute atomic E-state index is 0.0420. The molecule has 5 heteroatoms. The standard InChI is InChI=1S/C16H26N4O/c1-12-11-14(17-3)19-15(18-12)16(2)7-4-8-20(16)13-5-9-21-10-6-13/h11,13H,4-10H2,1-3H3,(H,17,18,19)/t16-/m1/s1. The van der Waals surface area contributed by atoms with Crippen molar-refractivity contribution in [2.24, 2.45) is 0 Å². The predicted molar refractivity (Wildman–Crippen MR) is 83.4 cm³/mol. The number of hydrogen-bond donors (Lipinski definition) is 1. The molecule has 0 aliphatic carbocycles. The first-order valence-corrected chi connectivity index (χ1v) is 8.02. The third-order valence-electron chi connectivity index (χ3n) is 4.92. The summed E-state index contributed by atoms with van der Waals surface area (Å²) in [5.41, 5.74) is 0.990. The van der Waals surface area contributed by atoms with Crippen LogP contribution in [0.1, 0.15) is 44.1 Å². The van der Waals surface area contributed by atoms with Gasteiger partial charge in [0.05, 0.1) is 5.54 Å². The fourth-order valence-corrected chi connectivity index (χ4v) is 3.74. The summed E-state index contributed by atoms with van der Waals surface area (Å²) in [4.78, 5) is 12.1. The van der Waals surface area contributed by atoms with E-state index in [1.807, 2.05) is 20.0 Å². The quantitative estimate of drug-likeness (QED) is 0.926. The lowest BCUT2D eigenvalue weighted by molar-refractivity contribution is 0.00201. The average molecular weight is 290 g/mol. The first-order valence-electron chi connectivity index (χ1n) is 8.02. The lowest BCUT2D eigenvalue weighted by Gasteiger charge is -2.41. The van der Waals surface area contributed by atoms with Crippen molar-refractivity contribution in [3.05, 3.63) is 17.6 Å². The summed E-state index contributed by atoms with van der Waals surface area (Å²) in [5.74, 6) is 1.88. The van der Waals surface area contributed by atoms with Gasteiger partial charge >= 0.3 is 0 Å². The zero-order chi connectivity index (χ0) is 14.9. The highest BCUT2D eigenvalue weighted by Crippen LogP contribution is 2.40. The summed E-state index contributed by atoms with van der Waals surface area (Å²) < 4.78 is 5.52. The van der Waals surface area contributed by atoms with E-state index < -0.39 is 0 Å². The molecule has 2 aliphatic rings. The average Bonchev–Trinajstić information content (AvgIpc) is 2.91. The van der Waals surface area contributed by atoms with Crippen LogP contribution in [0.3, 0.4) is 0 Å². The van der Waals surface area contributed by atoms with E-state index in [1.54, 1.807) is 0 Å². The van der Waals surface area contributed by atoms with Gasteiger partial charge in [-0.1, -0.05) is 0 Å². The molecular formula is C16H26N4O. The fraction of sp³-hybridized carbons (Fsp3) is 0.750. The molecule has 3 rings (SSSR count). The third-order valence-corrected chi connectivity index (χ3v) is 4.92. The normalized spacial score (nSPS) is 28.0. The Balaban J connectivity index is 1.92. The Labute approximate surface area is 127 Å². The smallest absolute Gasteiger partial charge is 0.150 e. The summed E-state index contributed by atoms with van der Waals surface area (Å²) in [6.07, 6.45) is 4.61. The molecule has 3 heterocycles. The van der Waals surface area contributed by atoms with Crippen molar-refractivity contribution >= 4 is 5.82 Å². The van der Waals surface area contributed by atoms with Crippen molar-refractivity contribution in [3.8, 4) is 0 Å². The number of rotatable bonds is 3. The maximum atomic E-state index is 5.52. The number of aryl methyl sites for hydroxylation is 1. The molecule has 21 heavy (non-hydrogen) atoms. The number of anilines is 1. The van der Waals surface area contributed by atoms with Gasteiger partial charge in [-0.25, -0.2) is 9.97 Å². The molecule has 5 nitrogen and oxygen atoms in total. The molecule has 0 amide bonds. The second kappa shape index (κ2) is 5.89. The Morgan fingerprint density at radius 3 is 2.81 bits per heavy atom. The van der Waals surface area contributed by atoms with Crippen LogP contribution in [0.5, 0.6) is 0 Å². The molecule has 1 aromatic heterocycles. The number of nitrogens with one attached hydrogen (secondary N) is 1. The van der Waals surface area contributed by atoms with Crippen LogP contribution < -0.4 is 5.32 Å². The molecule has 0 radical (unpaired) electrons.